The normalized spacial score (nSPS) is 13.2. The molecule has 0 saturated carbocycles. The average Bonchev–Trinajstić information content (AvgIpc) is 2.25. The zero-order chi connectivity index (χ0) is 13.8. The fourth-order valence-corrected chi connectivity index (χ4v) is 1.48. The Bertz CT molecular complexity index is 400. The van der Waals surface area contributed by atoms with E-state index in [4.69, 9.17) is 10.2 Å². The maximum Gasteiger partial charge on any atom is 0.573 e. The van der Waals surface area contributed by atoms with Crippen LogP contribution in [0.3, 0.4) is 0 Å². The monoisotopic (exact) mass is 329 g/mol. The number of aliphatic hydroxyl groups is 2. The standard InChI is InChI=1S/C10H11BrF3NO3/c11-6-1-2-8(15-4-7(17)5-16)9(3-6)18-10(12,13)14/h1-3,7,15-17H,4-5H2. The molecular formula is C10H11BrF3NO3. The first-order valence-electron chi connectivity index (χ1n) is 4.90. The summed E-state index contributed by atoms with van der Waals surface area (Å²) in [4.78, 5) is 0. The van der Waals surface area contributed by atoms with Crippen LogP contribution < -0.4 is 10.1 Å². The predicted molar refractivity (Wildman–Crippen MR) is 62.4 cm³/mol. The molecule has 0 amide bonds. The maximum absolute atomic E-state index is 12.2. The summed E-state index contributed by atoms with van der Waals surface area (Å²) in [7, 11) is 0. The summed E-state index contributed by atoms with van der Waals surface area (Å²) in [5.41, 5.74) is 0.0722. The fourth-order valence-electron chi connectivity index (χ4n) is 1.14. The quantitative estimate of drug-likeness (QED) is 0.774. The Kier molecular flexibility index (Phi) is 5.24. The van der Waals surface area contributed by atoms with Gasteiger partial charge >= 0.3 is 6.36 Å². The number of halogens is 4. The Hall–Kier alpha value is -0.990. The molecule has 0 saturated heterocycles. The molecule has 3 N–H and O–H groups in total. The Labute approximate surface area is 110 Å². The molecule has 1 aromatic rings. The SMILES string of the molecule is OCC(O)CNc1ccc(Br)cc1OC(F)(F)F. The van der Waals surface area contributed by atoms with E-state index in [1.165, 1.54) is 12.1 Å². The second-order valence-corrected chi connectivity index (χ2v) is 4.32. The number of ether oxygens (including phenoxy) is 1. The lowest BCUT2D eigenvalue weighted by Gasteiger charge is -2.16. The number of benzene rings is 1. The Balaban J connectivity index is 2.83. The van der Waals surface area contributed by atoms with Gasteiger partial charge in [-0.2, -0.15) is 0 Å². The minimum absolute atomic E-state index is 0.0722. The first kappa shape index (κ1) is 15.1. The number of nitrogens with one attached hydrogen (secondary N) is 1. The summed E-state index contributed by atoms with van der Waals surface area (Å²) in [6.07, 6.45) is -5.86. The molecule has 0 aliphatic heterocycles. The molecule has 0 aromatic heterocycles. The van der Waals surface area contributed by atoms with Gasteiger partial charge < -0.3 is 20.3 Å². The number of rotatable bonds is 5. The minimum Gasteiger partial charge on any atom is -0.404 e. The summed E-state index contributed by atoms with van der Waals surface area (Å²) < 4.78 is 40.8. The molecule has 0 bridgehead atoms. The molecule has 4 nitrogen and oxygen atoms in total. The zero-order valence-corrected chi connectivity index (χ0v) is 10.6. The van der Waals surface area contributed by atoms with E-state index in [-0.39, 0.29) is 12.2 Å². The highest BCUT2D eigenvalue weighted by molar-refractivity contribution is 9.10. The summed E-state index contributed by atoms with van der Waals surface area (Å²) in [6.45, 7) is -0.578. The van der Waals surface area contributed by atoms with Crippen LogP contribution in [0.25, 0.3) is 0 Å². The first-order chi connectivity index (χ1) is 8.31. The van der Waals surface area contributed by atoms with Crippen LogP contribution in [-0.2, 0) is 0 Å². The van der Waals surface area contributed by atoms with Crippen molar-refractivity contribution in [3.8, 4) is 5.75 Å². The smallest absolute Gasteiger partial charge is 0.404 e. The number of anilines is 1. The highest BCUT2D eigenvalue weighted by Gasteiger charge is 2.32. The van der Waals surface area contributed by atoms with E-state index in [1.54, 1.807) is 0 Å². The van der Waals surface area contributed by atoms with Gasteiger partial charge in [0.2, 0.25) is 0 Å². The maximum atomic E-state index is 12.2. The third-order valence-corrected chi connectivity index (χ3v) is 2.40. The Morgan fingerprint density at radius 2 is 2.06 bits per heavy atom. The topological polar surface area (TPSA) is 61.7 Å². The van der Waals surface area contributed by atoms with Gasteiger partial charge in [0.1, 0.15) is 0 Å². The van der Waals surface area contributed by atoms with Crippen LogP contribution in [0.1, 0.15) is 0 Å². The number of aliphatic hydroxyl groups excluding tert-OH is 2. The number of hydrogen-bond acceptors (Lipinski definition) is 4. The Morgan fingerprint density at radius 1 is 1.39 bits per heavy atom. The molecule has 8 heteroatoms. The molecule has 1 rings (SSSR count). The summed E-state index contributed by atoms with van der Waals surface area (Å²) >= 11 is 3.03. The molecule has 0 fully saturated rings. The first-order valence-corrected chi connectivity index (χ1v) is 5.69. The van der Waals surface area contributed by atoms with Crippen LogP contribution in [0.2, 0.25) is 0 Å². The lowest BCUT2D eigenvalue weighted by atomic mass is 10.2. The van der Waals surface area contributed by atoms with E-state index in [2.05, 4.69) is 26.0 Å². The van der Waals surface area contributed by atoms with Crippen molar-refractivity contribution in [2.75, 3.05) is 18.5 Å². The second-order valence-electron chi connectivity index (χ2n) is 3.41. The van der Waals surface area contributed by atoms with Crippen LogP contribution in [0.5, 0.6) is 5.75 Å². The number of alkyl halides is 3. The van der Waals surface area contributed by atoms with E-state index in [9.17, 15) is 13.2 Å². The van der Waals surface area contributed by atoms with E-state index in [0.29, 0.717) is 4.47 Å². The molecule has 0 radical (unpaired) electrons. The predicted octanol–water partition coefficient (Wildman–Crippen LogP) is 2.11. The van der Waals surface area contributed by atoms with Crippen molar-refractivity contribution >= 4 is 21.6 Å². The van der Waals surface area contributed by atoms with Gasteiger partial charge in [-0.15, -0.1) is 13.2 Å². The van der Waals surface area contributed by atoms with Crippen molar-refractivity contribution in [3.63, 3.8) is 0 Å². The highest BCUT2D eigenvalue weighted by Crippen LogP contribution is 2.32. The summed E-state index contributed by atoms with van der Waals surface area (Å²) in [6, 6.07) is 4.05. The van der Waals surface area contributed by atoms with Crippen LogP contribution >= 0.6 is 15.9 Å². The fraction of sp³-hybridized carbons (Fsp3) is 0.400. The van der Waals surface area contributed by atoms with Crippen molar-refractivity contribution in [1.29, 1.82) is 0 Å². The average molecular weight is 330 g/mol. The molecule has 0 spiro atoms. The highest BCUT2D eigenvalue weighted by atomic mass is 79.9. The molecule has 0 aliphatic rings. The van der Waals surface area contributed by atoms with Crippen molar-refractivity contribution in [2.45, 2.75) is 12.5 Å². The van der Waals surface area contributed by atoms with Gasteiger partial charge in [-0.3, -0.25) is 0 Å². The van der Waals surface area contributed by atoms with Crippen molar-refractivity contribution in [3.05, 3.63) is 22.7 Å². The van der Waals surface area contributed by atoms with Crippen molar-refractivity contribution < 1.29 is 28.1 Å². The van der Waals surface area contributed by atoms with Gasteiger partial charge in [0.05, 0.1) is 18.4 Å². The van der Waals surface area contributed by atoms with Gasteiger partial charge in [-0.25, -0.2) is 0 Å². The lowest BCUT2D eigenvalue weighted by Crippen LogP contribution is -2.24. The molecule has 1 atom stereocenters. The third kappa shape index (κ3) is 5.11. The second kappa shape index (κ2) is 6.26. The van der Waals surface area contributed by atoms with Gasteiger partial charge in [0.15, 0.2) is 5.75 Å². The number of hydrogen-bond donors (Lipinski definition) is 3. The van der Waals surface area contributed by atoms with Crippen LogP contribution in [-0.4, -0.2) is 35.8 Å². The van der Waals surface area contributed by atoms with Gasteiger partial charge in [-0.05, 0) is 18.2 Å². The molecule has 0 heterocycles. The molecule has 0 aliphatic carbocycles. The van der Waals surface area contributed by atoms with Gasteiger partial charge in [-0.1, -0.05) is 15.9 Å². The van der Waals surface area contributed by atoms with Crippen molar-refractivity contribution in [1.82, 2.24) is 0 Å². The lowest BCUT2D eigenvalue weighted by molar-refractivity contribution is -0.274. The van der Waals surface area contributed by atoms with E-state index in [0.717, 1.165) is 6.07 Å². The molecule has 102 valence electrons. The minimum atomic E-state index is -4.80. The van der Waals surface area contributed by atoms with Gasteiger partial charge in [0.25, 0.3) is 0 Å². The van der Waals surface area contributed by atoms with E-state index < -0.39 is 24.8 Å². The van der Waals surface area contributed by atoms with Crippen molar-refractivity contribution in [2.24, 2.45) is 0 Å². The van der Waals surface area contributed by atoms with E-state index >= 15 is 0 Å². The summed E-state index contributed by atoms with van der Waals surface area (Å²) in [5, 5.41) is 20.3. The Morgan fingerprint density at radius 3 is 2.61 bits per heavy atom. The van der Waals surface area contributed by atoms with Crippen LogP contribution in [0.15, 0.2) is 22.7 Å². The van der Waals surface area contributed by atoms with Crippen LogP contribution in [0, 0.1) is 0 Å². The van der Waals surface area contributed by atoms with Crippen LogP contribution in [0.4, 0.5) is 18.9 Å². The molecule has 1 unspecified atom stereocenters. The van der Waals surface area contributed by atoms with E-state index in [1.807, 2.05) is 0 Å². The third-order valence-electron chi connectivity index (χ3n) is 1.91. The molecule has 18 heavy (non-hydrogen) atoms. The zero-order valence-electron chi connectivity index (χ0n) is 9.04. The largest absolute Gasteiger partial charge is 0.573 e. The summed E-state index contributed by atoms with van der Waals surface area (Å²) in [5.74, 6) is -0.415. The molecular weight excluding hydrogens is 319 g/mol. The molecule has 1 aromatic carbocycles. The van der Waals surface area contributed by atoms with Gasteiger partial charge in [0, 0.05) is 11.0 Å².